The summed E-state index contributed by atoms with van der Waals surface area (Å²) in [4.78, 5) is 4.53. The lowest BCUT2D eigenvalue weighted by Gasteiger charge is -2.35. The monoisotopic (exact) mass is 254 g/mol. The number of nitrogens with zero attached hydrogens (tertiary/aromatic N) is 1. The van der Waals surface area contributed by atoms with Gasteiger partial charge in [-0.15, -0.1) is 11.3 Å². The number of rotatable bonds is 6. The van der Waals surface area contributed by atoms with Crippen molar-refractivity contribution >= 4 is 11.3 Å². The van der Waals surface area contributed by atoms with Gasteiger partial charge in [0.25, 0.3) is 0 Å². The minimum atomic E-state index is 0.0309. The highest BCUT2D eigenvalue weighted by molar-refractivity contribution is 7.09. The quantitative estimate of drug-likeness (QED) is 0.793. The molecule has 1 saturated carbocycles. The molecule has 0 aliphatic heterocycles. The molecule has 0 amide bonds. The molecule has 1 aliphatic carbocycles. The van der Waals surface area contributed by atoms with E-state index in [-0.39, 0.29) is 5.54 Å². The average molecular weight is 254 g/mol. The third-order valence-electron chi connectivity index (χ3n) is 3.85. The number of aromatic nitrogens is 1. The van der Waals surface area contributed by atoms with Crippen LogP contribution in [0, 0.1) is 5.92 Å². The number of methoxy groups -OCH3 is 1. The van der Waals surface area contributed by atoms with Crippen molar-refractivity contribution < 1.29 is 4.74 Å². The van der Waals surface area contributed by atoms with E-state index in [1.54, 1.807) is 18.4 Å². The summed E-state index contributed by atoms with van der Waals surface area (Å²) < 4.78 is 5.14. The van der Waals surface area contributed by atoms with E-state index in [9.17, 15) is 0 Å². The van der Waals surface area contributed by atoms with Gasteiger partial charge in [-0.3, -0.25) is 0 Å². The largest absolute Gasteiger partial charge is 0.383 e. The van der Waals surface area contributed by atoms with Crippen molar-refractivity contribution in [2.24, 2.45) is 5.92 Å². The molecule has 1 atom stereocenters. The highest BCUT2D eigenvalue weighted by Gasteiger charge is 2.38. The van der Waals surface area contributed by atoms with Crippen molar-refractivity contribution in [3.8, 4) is 0 Å². The van der Waals surface area contributed by atoms with Crippen LogP contribution in [-0.2, 0) is 10.3 Å². The SMILES string of the molecule is COCCNC(C)(c1nccs1)C1CCCC1. The van der Waals surface area contributed by atoms with Crippen LogP contribution in [0.2, 0.25) is 0 Å². The summed E-state index contributed by atoms with van der Waals surface area (Å²) in [6.45, 7) is 3.95. The van der Waals surface area contributed by atoms with Crippen LogP contribution >= 0.6 is 11.3 Å². The van der Waals surface area contributed by atoms with E-state index in [0.717, 1.165) is 13.2 Å². The molecule has 0 bridgehead atoms. The maximum atomic E-state index is 5.14. The molecule has 1 N–H and O–H groups in total. The van der Waals surface area contributed by atoms with Gasteiger partial charge >= 0.3 is 0 Å². The molecule has 96 valence electrons. The number of nitrogens with one attached hydrogen (secondary N) is 1. The van der Waals surface area contributed by atoms with Gasteiger partial charge in [-0.2, -0.15) is 0 Å². The molecule has 2 rings (SSSR count). The Hall–Kier alpha value is -0.450. The van der Waals surface area contributed by atoms with Gasteiger partial charge in [0, 0.05) is 25.2 Å². The summed E-state index contributed by atoms with van der Waals surface area (Å²) >= 11 is 1.76. The van der Waals surface area contributed by atoms with Crippen LogP contribution in [0.25, 0.3) is 0 Å². The van der Waals surface area contributed by atoms with Crippen LogP contribution < -0.4 is 5.32 Å². The third-order valence-corrected chi connectivity index (χ3v) is 4.86. The molecule has 0 spiro atoms. The Balaban J connectivity index is 2.10. The van der Waals surface area contributed by atoms with Gasteiger partial charge in [0.1, 0.15) is 5.01 Å². The first-order valence-electron chi connectivity index (χ1n) is 6.41. The molecule has 1 unspecified atom stereocenters. The van der Waals surface area contributed by atoms with E-state index in [1.807, 2.05) is 6.20 Å². The molecule has 3 nitrogen and oxygen atoms in total. The summed E-state index contributed by atoms with van der Waals surface area (Å²) in [6.07, 6.45) is 7.26. The van der Waals surface area contributed by atoms with Crippen molar-refractivity contribution in [3.05, 3.63) is 16.6 Å². The van der Waals surface area contributed by atoms with Gasteiger partial charge in [-0.05, 0) is 25.7 Å². The standard InChI is InChI=1S/C13H22N2OS/c1-13(15-7-9-16-2,11-5-3-4-6-11)12-14-8-10-17-12/h8,10-11,15H,3-7,9H2,1-2H3. The molecule has 1 aliphatic rings. The van der Waals surface area contributed by atoms with Crippen LogP contribution in [-0.4, -0.2) is 25.2 Å². The maximum Gasteiger partial charge on any atom is 0.113 e. The van der Waals surface area contributed by atoms with E-state index in [4.69, 9.17) is 4.74 Å². The highest BCUT2D eigenvalue weighted by atomic mass is 32.1. The molecular formula is C13H22N2OS. The Labute approximate surface area is 108 Å². The predicted octanol–water partition coefficient (Wildman–Crippen LogP) is 2.78. The Morgan fingerprint density at radius 1 is 1.53 bits per heavy atom. The molecular weight excluding hydrogens is 232 g/mol. The highest BCUT2D eigenvalue weighted by Crippen LogP contribution is 2.40. The predicted molar refractivity (Wildman–Crippen MR) is 71.3 cm³/mol. The third kappa shape index (κ3) is 2.87. The van der Waals surface area contributed by atoms with Crippen LogP contribution in [0.4, 0.5) is 0 Å². The Kier molecular flexibility index (Phi) is 4.54. The lowest BCUT2D eigenvalue weighted by atomic mass is 9.84. The van der Waals surface area contributed by atoms with Gasteiger partial charge in [-0.1, -0.05) is 12.8 Å². The van der Waals surface area contributed by atoms with E-state index in [0.29, 0.717) is 5.92 Å². The zero-order valence-corrected chi connectivity index (χ0v) is 11.6. The fraction of sp³-hybridized carbons (Fsp3) is 0.769. The molecule has 0 aromatic carbocycles. The summed E-state index contributed by atoms with van der Waals surface area (Å²) in [5, 5.41) is 6.96. The first-order chi connectivity index (χ1) is 8.27. The van der Waals surface area contributed by atoms with Gasteiger partial charge in [0.2, 0.25) is 0 Å². The second-order valence-electron chi connectivity index (χ2n) is 4.94. The van der Waals surface area contributed by atoms with Crippen molar-refractivity contribution in [2.45, 2.75) is 38.1 Å². The lowest BCUT2D eigenvalue weighted by molar-refractivity contribution is 0.166. The van der Waals surface area contributed by atoms with Crippen molar-refractivity contribution in [3.63, 3.8) is 0 Å². The lowest BCUT2D eigenvalue weighted by Crippen LogP contribution is -2.46. The van der Waals surface area contributed by atoms with Crippen LogP contribution in [0.5, 0.6) is 0 Å². The second kappa shape index (κ2) is 5.94. The number of hydrogen-bond donors (Lipinski definition) is 1. The molecule has 1 fully saturated rings. The molecule has 1 aromatic rings. The fourth-order valence-electron chi connectivity index (χ4n) is 2.79. The van der Waals surface area contributed by atoms with Gasteiger partial charge in [0.05, 0.1) is 12.1 Å². The van der Waals surface area contributed by atoms with E-state index in [1.165, 1.54) is 30.7 Å². The van der Waals surface area contributed by atoms with Crippen molar-refractivity contribution in [2.75, 3.05) is 20.3 Å². The number of hydrogen-bond acceptors (Lipinski definition) is 4. The summed E-state index contributed by atoms with van der Waals surface area (Å²) in [7, 11) is 1.75. The summed E-state index contributed by atoms with van der Waals surface area (Å²) in [5.74, 6) is 0.713. The average Bonchev–Trinajstić information content (AvgIpc) is 3.02. The fourth-order valence-corrected chi connectivity index (χ4v) is 3.65. The van der Waals surface area contributed by atoms with Crippen molar-refractivity contribution in [1.82, 2.24) is 10.3 Å². The molecule has 1 heterocycles. The van der Waals surface area contributed by atoms with Crippen molar-refractivity contribution in [1.29, 1.82) is 0 Å². The Morgan fingerprint density at radius 3 is 2.88 bits per heavy atom. The van der Waals surface area contributed by atoms with Crippen LogP contribution in [0.1, 0.15) is 37.6 Å². The maximum absolute atomic E-state index is 5.14. The zero-order chi connectivity index (χ0) is 12.1. The van der Waals surface area contributed by atoms with Gasteiger partial charge in [-0.25, -0.2) is 4.98 Å². The number of thiazole rings is 1. The van der Waals surface area contributed by atoms with Crippen LogP contribution in [0.3, 0.4) is 0 Å². The molecule has 4 heteroatoms. The molecule has 1 aromatic heterocycles. The molecule has 0 radical (unpaired) electrons. The minimum absolute atomic E-state index is 0.0309. The van der Waals surface area contributed by atoms with Gasteiger partial charge in [0.15, 0.2) is 0 Å². The Morgan fingerprint density at radius 2 is 2.29 bits per heavy atom. The molecule has 0 saturated heterocycles. The minimum Gasteiger partial charge on any atom is -0.383 e. The van der Waals surface area contributed by atoms with Crippen LogP contribution in [0.15, 0.2) is 11.6 Å². The smallest absolute Gasteiger partial charge is 0.113 e. The first-order valence-corrected chi connectivity index (χ1v) is 7.29. The van der Waals surface area contributed by atoms with Gasteiger partial charge < -0.3 is 10.1 Å². The topological polar surface area (TPSA) is 34.1 Å². The van der Waals surface area contributed by atoms with E-state index >= 15 is 0 Å². The second-order valence-corrected chi connectivity index (χ2v) is 5.84. The Bertz CT molecular complexity index is 322. The first kappa shape index (κ1) is 13.0. The number of ether oxygens (including phenoxy) is 1. The van der Waals surface area contributed by atoms with E-state index in [2.05, 4.69) is 22.6 Å². The normalized spacial score (nSPS) is 20.6. The molecule has 17 heavy (non-hydrogen) atoms. The summed E-state index contributed by atoms with van der Waals surface area (Å²) in [6, 6.07) is 0. The van der Waals surface area contributed by atoms with E-state index < -0.39 is 0 Å². The summed E-state index contributed by atoms with van der Waals surface area (Å²) in [5.41, 5.74) is 0.0309. The zero-order valence-electron chi connectivity index (χ0n) is 10.7.